The van der Waals surface area contributed by atoms with Crippen molar-refractivity contribution in [3.05, 3.63) is 29.8 Å². The predicted octanol–water partition coefficient (Wildman–Crippen LogP) is 1.52. The van der Waals surface area contributed by atoms with Gasteiger partial charge in [-0.2, -0.15) is 0 Å². The molecule has 6 heteroatoms. The number of carbonyl (C=O) groups excluding carboxylic acids is 2. The highest BCUT2D eigenvalue weighted by Crippen LogP contribution is 2.27. The van der Waals surface area contributed by atoms with Gasteiger partial charge in [-0.1, -0.05) is 18.2 Å². The molecule has 24 heavy (non-hydrogen) atoms. The first-order valence-electron chi connectivity index (χ1n) is 8.59. The van der Waals surface area contributed by atoms with Crippen molar-refractivity contribution >= 4 is 11.8 Å². The Bertz CT molecular complexity index is 556. The van der Waals surface area contributed by atoms with E-state index in [4.69, 9.17) is 4.74 Å². The van der Waals surface area contributed by atoms with Crippen molar-refractivity contribution in [1.82, 2.24) is 16.0 Å². The van der Waals surface area contributed by atoms with Crippen LogP contribution in [0.5, 0.6) is 5.75 Å². The van der Waals surface area contributed by atoms with Crippen LogP contribution in [0, 0.1) is 0 Å². The van der Waals surface area contributed by atoms with Crippen LogP contribution in [-0.2, 0) is 9.59 Å². The van der Waals surface area contributed by atoms with Crippen molar-refractivity contribution in [3.63, 3.8) is 0 Å². The average Bonchev–Trinajstić information content (AvgIpc) is 3.06. The van der Waals surface area contributed by atoms with E-state index in [1.54, 1.807) is 0 Å². The van der Waals surface area contributed by atoms with Gasteiger partial charge >= 0.3 is 0 Å². The van der Waals surface area contributed by atoms with E-state index in [0.29, 0.717) is 24.9 Å². The van der Waals surface area contributed by atoms with Gasteiger partial charge in [0, 0.05) is 25.1 Å². The second kappa shape index (κ2) is 9.27. The number of hydrogen-bond acceptors (Lipinski definition) is 4. The zero-order valence-corrected chi connectivity index (χ0v) is 14.4. The van der Waals surface area contributed by atoms with Gasteiger partial charge in [-0.15, -0.1) is 0 Å². The summed E-state index contributed by atoms with van der Waals surface area (Å²) in [4.78, 5) is 23.9. The van der Waals surface area contributed by atoms with Gasteiger partial charge in [0.15, 0.2) is 0 Å². The van der Waals surface area contributed by atoms with Crippen LogP contribution < -0.4 is 20.7 Å². The molecule has 2 atom stereocenters. The smallest absolute Gasteiger partial charge is 0.222 e. The summed E-state index contributed by atoms with van der Waals surface area (Å²) in [6.07, 6.45) is 2.43. The van der Waals surface area contributed by atoms with Crippen LogP contribution in [0.25, 0.3) is 0 Å². The summed E-state index contributed by atoms with van der Waals surface area (Å²) in [6, 6.07) is 7.45. The molecule has 3 N–H and O–H groups in total. The molecule has 2 rings (SSSR count). The van der Waals surface area contributed by atoms with E-state index in [0.717, 1.165) is 24.9 Å². The molecule has 2 amide bonds. The molecule has 132 valence electrons. The molecule has 1 aliphatic heterocycles. The number of para-hydroxylation sites is 1. The lowest BCUT2D eigenvalue weighted by molar-refractivity contribution is -0.122. The Morgan fingerprint density at radius 1 is 1.38 bits per heavy atom. The van der Waals surface area contributed by atoms with E-state index >= 15 is 0 Å². The Balaban J connectivity index is 2.02. The van der Waals surface area contributed by atoms with Crippen molar-refractivity contribution in [1.29, 1.82) is 0 Å². The number of carbonyl (C=O) groups is 2. The SMILES string of the molecule is CCOc1ccccc1C(CC(=O)NCC1CCCN1)NC(C)=O. The third-order valence-electron chi connectivity index (χ3n) is 4.07. The molecule has 0 spiro atoms. The van der Waals surface area contributed by atoms with Gasteiger partial charge in [-0.25, -0.2) is 0 Å². The van der Waals surface area contributed by atoms with Crippen molar-refractivity contribution in [2.24, 2.45) is 0 Å². The normalized spacial score (nSPS) is 18.0. The van der Waals surface area contributed by atoms with Crippen molar-refractivity contribution in [3.8, 4) is 5.75 Å². The number of hydrogen-bond donors (Lipinski definition) is 3. The molecule has 0 aliphatic carbocycles. The minimum atomic E-state index is -0.401. The molecule has 0 saturated carbocycles. The molecule has 1 aromatic rings. The fourth-order valence-corrected chi connectivity index (χ4v) is 2.96. The maximum absolute atomic E-state index is 12.3. The molecule has 6 nitrogen and oxygen atoms in total. The van der Waals surface area contributed by atoms with Gasteiger partial charge in [0.2, 0.25) is 11.8 Å². The molecule has 1 heterocycles. The summed E-state index contributed by atoms with van der Waals surface area (Å²) < 4.78 is 5.63. The highest BCUT2D eigenvalue weighted by molar-refractivity contribution is 5.79. The summed E-state index contributed by atoms with van der Waals surface area (Å²) in [5.74, 6) is 0.453. The van der Waals surface area contributed by atoms with Crippen LogP contribution in [0.1, 0.15) is 44.7 Å². The number of ether oxygens (including phenoxy) is 1. The number of amides is 2. The van der Waals surface area contributed by atoms with E-state index in [2.05, 4.69) is 16.0 Å². The van der Waals surface area contributed by atoms with Gasteiger partial charge < -0.3 is 20.7 Å². The maximum Gasteiger partial charge on any atom is 0.222 e. The maximum atomic E-state index is 12.3. The van der Waals surface area contributed by atoms with Gasteiger partial charge in [-0.05, 0) is 32.4 Å². The van der Waals surface area contributed by atoms with Crippen molar-refractivity contribution in [2.75, 3.05) is 19.7 Å². The topological polar surface area (TPSA) is 79.5 Å². The third kappa shape index (κ3) is 5.53. The Labute approximate surface area is 143 Å². The molecular weight excluding hydrogens is 306 g/mol. The van der Waals surface area contributed by atoms with E-state index in [1.165, 1.54) is 6.92 Å². The number of benzene rings is 1. The summed E-state index contributed by atoms with van der Waals surface area (Å²) in [5.41, 5.74) is 0.823. The first-order chi connectivity index (χ1) is 11.6. The predicted molar refractivity (Wildman–Crippen MR) is 92.8 cm³/mol. The molecular formula is C18H27N3O3. The number of nitrogens with one attached hydrogen (secondary N) is 3. The lowest BCUT2D eigenvalue weighted by Gasteiger charge is -2.21. The fraction of sp³-hybridized carbons (Fsp3) is 0.556. The lowest BCUT2D eigenvalue weighted by atomic mass is 10.0. The molecule has 0 bridgehead atoms. The molecule has 1 saturated heterocycles. The van der Waals surface area contributed by atoms with Gasteiger partial charge in [0.05, 0.1) is 19.1 Å². The van der Waals surface area contributed by atoms with Crippen LogP contribution in [0.2, 0.25) is 0 Å². The Morgan fingerprint density at radius 3 is 2.83 bits per heavy atom. The number of rotatable bonds is 8. The van der Waals surface area contributed by atoms with Crippen LogP contribution >= 0.6 is 0 Å². The van der Waals surface area contributed by atoms with Gasteiger partial charge in [0.1, 0.15) is 5.75 Å². The minimum absolute atomic E-state index is 0.0752. The molecule has 2 unspecified atom stereocenters. The van der Waals surface area contributed by atoms with Crippen LogP contribution in [0.15, 0.2) is 24.3 Å². The molecule has 0 aromatic heterocycles. The summed E-state index contributed by atoms with van der Waals surface area (Å²) in [5, 5.41) is 9.16. The monoisotopic (exact) mass is 333 g/mol. The zero-order valence-electron chi connectivity index (χ0n) is 14.4. The minimum Gasteiger partial charge on any atom is -0.494 e. The average molecular weight is 333 g/mol. The molecule has 1 aliphatic rings. The van der Waals surface area contributed by atoms with Crippen LogP contribution in [-0.4, -0.2) is 37.6 Å². The Kier molecular flexibility index (Phi) is 7.06. The summed E-state index contributed by atoms with van der Waals surface area (Å²) in [7, 11) is 0. The Hall–Kier alpha value is -2.08. The second-order valence-corrected chi connectivity index (χ2v) is 6.03. The zero-order chi connectivity index (χ0) is 17.4. The first kappa shape index (κ1) is 18.3. The largest absolute Gasteiger partial charge is 0.494 e. The highest BCUT2D eigenvalue weighted by atomic mass is 16.5. The van der Waals surface area contributed by atoms with Crippen molar-refractivity contribution < 1.29 is 14.3 Å². The molecule has 1 aromatic carbocycles. The van der Waals surface area contributed by atoms with Crippen molar-refractivity contribution in [2.45, 2.75) is 45.2 Å². The molecule has 0 radical (unpaired) electrons. The molecule has 1 fully saturated rings. The van der Waals surface area contributed by atoms with Crippen LogP contribution in [0.3, 0.4) is 0 Å². The van der Waals surface area contributed by atoms with E-state index in [-0.39, 0.29) is 18.2 Å². The van der Waals surface area contributed by atoms with E-state index in [9.17, 15) is 9.59 Å². The first-order valence-corrected chi connectivity index (χ1v) is 8.59. The summed E-state index contributed by atoms with van der Waals surface area (Å²) in [6.45, 7) is 5.53. The lowest BCUT2D eigenvalue weighted by Crippen LogP contribution is -2.39. The Morgan fingerprint density at radius 2 is 2.17 bits per heavy atom. The quantitative estimate of drug-likeness (QED) is 0.674. The van der Waals surface area contributed by atoms with Gasteiger partial charge in [-0.3, -0.25) is 9.59 Å². The standard InChI is InChI=1S/C18H27N3O3/c1-3-24-17-9-5-4-8-15(17)16(21-13(2)22)11-18(23)20-12-14-7-6-10-19-14/h4-5,8-9,14,16,19H,3,6-7,10-12H2,1-2H3,(H,20,23)(H,21,22). The van der Waals surface area contributed by atoms with Crippen LogP contribution in [0.4, 0.5) is 0 Å². The third-order valence-corrected chi connectivity index (χ3v) is 4.07. The van der Waals surface area contributed by atoms with E-state index < -0.39 is 6.04 Å². The van der Waals surface area contributed by atoms with Gasteiger partial charge in [0.25, 0.3) is 0 Å². The van der Waals surface area contributed by atoms with E-state index in [1.807, 2.05) is 31.2 Å². The summed E-state index contributed by atoms with van der Waals surface area (Å²) >= 11 is 0. The second-order valence-electron chi connectivity index (χ2n) is 6.03. The fourth-order valence-electron chi connectivity index (χ4n) is 2.96. The highest BCUT2D eigenvalue weighted by Gasteiger charge is 2.21.